The molecule has 0 radical (unpaired) electrons. The number of sulfonamides is 1. The van der Waals surface area contributed by atoms with Gasteiger partial charge in [-0.05, 0) is 222 Å². The lowest BCUT2D eigenvalue weighted by Gasteiger charge is -2.44. The molecule has 1 unspecified atom stereocenters. The molecule has 2 fully saturated rings. The molecular weight excluding hydrogens is 1720 g/mol. The van der Waals surface area contributed by atoms with Crippen molar-refractivity contribution >= 4 is 61.7 Å². The minimum atomic E-state index is -4.96. The number of halogens is 15. The minimum Gasteiger partial charge on any atom is -0.453 e. The third kappa shape index (κ3) is 22.1. The topological polar surface area (TPSA) is 247 Å². The average Bonchev–Trinajstić information content (AvgIpc) is 0.753. The second-order valence-electron chi connectivity index (χ2n) is 30.9. The number of aliphatic hydroxyl groups is 3. The summed E-state index contributed by atoms with van der Waals surface area (Å²) in [5, 5.41) is 34.9. The van der Waals surface area contributed by atoms with Crippen LogP contribution in [0.2, 0.25) is 0 Å². The molecule has 8 heterocycles. The fourth-order valence-electron chi connectivity index (χ4n) is 14.3. The summed E-state index contributed by atoms with van der Waals surface area (Å²) in [7, 11) is -4.35. The van der Waals surface area contributed by atoms with Gasteiger partial charge in [-0.15, -0.1) is 13.2 Å². The Morgan fingerprint density at radius 1 is 0.429 bits per heavy atom. The molecule has 9 aromatic carbocycles. The summed E-state index contributed by atoms with van der Waals surface area (Å²) in [5.74, 6) is 1.38. The zero-order chi connectivity index (χ0) is 90.9. The summed E-state index contributed by atoms with van der Waals surface area (Å²) in [6.45, 7) is 14.5. The normalized spacial score (nSPS) is 20.4. The molecule has 38 heteroatoms. The van der Waals surface area contributed by atoms with Crippen LogP contribution in [0.15, 0.2) is 199 Å². The zero-order valence-corrected chi connectivity index (χ0v) is 68.5. The molecular formula is C88H82F15N5O17S. The van der Waals surface area contributed by atoms with Gasteiger partial charge in [-0.1, -0.05) is 42.5 Å². The van der Waals surface area contributed by atoms with Crippen molar-refractivity contribution in [2.45, 2.75) is 139 Å². The van der Waals surface area contributed by atoms with E-state index in [2.05, 4.69) is 14.8 Å². The van der Waals surface area contributed by atoms with Crippen molar-refractivity contribution in [3.8, 4) is 51.7 Å². The molecule has 0 bridgehead atoms. The van der Waals surface area contributed by atoms with Crippen LogP contribution in [0.4, 0.5) is 116 Å². The molecule has 0 amide bonds. The van der Waals surface area contributed by atoms with Crippen LogP contribution >= 0.6 is 0 Å². The number of anilines is 8. The van der Waals surface area contributed by atoms with Gasteiger partial charge >= 0.3 is 37.2 Å². The van der Waals surface area contributed by atoms with Crippen molar-refractivity contribution in [1.82, 2.24) is 4.72 Å². The van der Waals surface area contributed by atoms with E-state index in [9.17, 15) is 94.4 Å². The fraction of sp³-hybridized carbons (Fsp3) is 0.330. The van der Waals surface area contributed by atoms with Gasteiger partial charge in [0.1, 0.15) is 29.7 Å². The van der Waals surface area contributed by atoms with E-state index in [4.69, 9.17) is 47.4 Å². The number of hydrogen-bond acceptors (Lipinski definition) is 21. The maximum Gasteiger partial charge on any atom is 0.573 e. The number of aryl methyl sites for hydroxylation is 4. The lowest BCUT2D eigenvalue weighted by molar-refractivity contribution is -0.274. The summed E-state index contributed by atoms with van der Waals surface area (Å²) >= 11 is 0. The SMILES string of the molecule is CC(C)(C)OC(=O)OC1C=CCOC1.Cc1ccc2c(c1)Oc1cc(C(F)(F)F)ccc1N2.Cc1ccc2c(c1)Oc1cc(C(F)(F)F)ccc1N2[C@@H]1C=CCOC1.Cc1ccc2c(c1)Oc1cc(C(F)(F)F)ccc1N2[C@H]1COC[C@@H](NS(=O)(=O)c2ccc(OC(F)(F)F)cc2)[C@@H]1O.Cc1ccc2c(c1)Oc1cc(C(F)(F)F)ccc1N2[C@H]1COC[C@H](O)[C@@H]1O. The maximum atomic E-state index is 13.4. The third-order valence-corrected chi connectivity index (χ3v) is 21.6. The highest BCUT2D eigenvalue weighted by atomic mass is 32.2. The Morgan fingerprint density at radius 2 is 0.802 bits per heavy atom. The largest absolute Gasteiger partial charge is 0.573 e. The highest BCUT2D eigenvalue weighted by molar-refractivity contribution is 7.89. The number of rotatable bonds is 8. The number of nitrogens with zero attached hydrogens (tertiary/aromatic N) is 3. The monoisotopic (exact) mass is 1800 g/mol. The van der Waals surface area contributed by atoms with Crippen LogP contribution in [0, 0.1) is 27.7 Å². The van der Waals surface area contributed by atoms with Gasteiger partial charge in [-0.2, -0.15) is 52.7 Å². The summed E-state index contributed by atoms with van der Waals surface area (Å²) < 4.78 is 281. The molecule has 5 N–H and O–H groups in total. The highest BCUT2D eigenvalue weighted by Gasteiger charge is 2.46. The first-order valence-corrected chi connectivity index (χ1v) is 40.3. The number of hydrogen-bond donors (Lipinski definition) is 5. The number of carbonyl (C=O) groups is 1. The molecule has 8 atom stereocenters. The number of benzene rings is 9. The highest BCUT2D eigenvalue weighted by Crippen LogP contribution is 2.55. The molecule has 0 spiro atoms. The van der Waals surface area contributed by atoms with Crippen molar-refractivity contribution in [2.75, 3.05) is 72.9 Å². The smallest absolute Gasteiger partial charge is 0.453 e. The van der Waals surface area contributed by atoms with Crippen molar-refractivity contribution in [3.05, 3.63) is 239 Å². The Labute approximate surface area is 711 Å². The van der Waals surface area contributed by atoms with Gasteiger partial charge in [0.2, 0.25) is 10.0 Å². The van der Waals surface area contributed by atoms with Crippen LogP contribution in [0.5, 0.6) is 51.7 Å². The number of ether oxygens (including phenoxy) is 11. The maximum absolute atomic E-state index is 13.4. The first kappa shape index (κ1) is 92.2. The molecule has 8 aliphatic rings. The van der Waals surface area contributed by atoms with Crippen molar-refractivity contribution in [1.29, 1.82) is 0 Å². The Balaban J connectivity index is 0.000000141. The molecule has 0 aliphatic carbocycles. The van der Waals surface area contributed by atoms with E-state index in [1.807, 2.05) is 80.3 Å². The second kappa shape index (κ2) is 36.8. The predicted molar refractivity (Wildman–Crippen MR) is 430 cm³/mol. The van der Waals surface area contributed by atoms with E-state index >= 15 is 0 Å². The van der Waals surface area contributed by atoms with E-state index in [0.717, 1.165) is 106 Å². The third-order valence-electron chi connectivity index (χ3n) is 20.1. The molecule has 17 rings (SSSR count). The fourth-order valence-corrected chi connectivity index (χ4v) is 15.5. The average molecular weight is 1800 g/mol. The summed E-state index contributed by atoms with van der Waals surface area (Å²) in [5.41, 5.74) is 4.16. The Morgan fingerprint density at radius 3 is 1.23 bits per heavy atom. The zero-order valence-electron chi connectivity index (χ0n) is 67.7. The lowest BCUT2D eigenvalue weighted by atomic mass is 9.97. The van der Waals surface area contributed by atoms with E-state index in [1.54, 1.807) is 80.0 Å². The van der Waals surface area contributed by atoms with E-state index < -0.39 is 122 Å². The molecule has 9 aromatic rings. The van der Waals surface area contributed by atoms with Gasteiger partial charge in [-0.25, -0.2) is 17.9 Å². The number of carbonyl (C=O) groups excluding carboxylic acids is 1. The number of nitrogens with one attached hydrogen (secondary N) is 2. The Kier molecular flexibility index (Phi) is 26.9. The van der Waals surface area contributed by atoms with Gasteiger partial charge in [0.15, 0.2) is 46.0 Å². The van der Waals surface area contributed by atoms with Crippen LogP contribution in [0.1, 0.15) is 65.3 Å². The molecule has 0 aromatic heterocycles. The van der Waals surface area contributed by atoms with Gasteiger partial charge in [0.25, 0.3) is 0 Å². The van der Waals surface area contributed by atoms with Crippen LogP contribution in [0.25, 0.3) is 0 Å². The Hall–Kier alpha value is -11.5. The quantitative estimate of drug-likeness (QED) is 0.0539. The molecule has 126 heavy (non-hydrogen) atoms. The molecule has 672 valence electrons. The summed E-state index contributed by atoms with van der Waals surface area (Å²) in [6, 6.07) is 35.3. The number of fused-ring (bicyclic) bond motifs is 8. The lowest BCUT2D eigenvalue weighted by Crippen LogP contribution is -2.60. The van der Waals surface area contributed by atoms with E-state index in [1.165, 1.54) is 24.3 Å². The van der Waals surface area contributed by atoms with Crippen LogP contribution in [-0.2, 0) is 63.1 Å². The van der Waals surface area contributed by atoms with E-state index in [-0.39, 0.29) is 73.0 Å². The number of alkyl halides is 15. The van der Waals surface area contributed by atoms with Crippen LogP contribution < -0.4 is 48.4 Å². The van der Waals surface area contributed by atoms with Crippen molar-refractivity contribution < 1.29 is 146 Å². The van der Waals surface area contributed by atoms with Crippen molar-refractivity contribution in [3.63, 3.8) is 0 Å². The van der Waals surface area contributed by atoms with E-state index in [0.29, 0.717) is 72.1 Å². The predicted octanol–water partition coefficient (Wildman–Crippen LogP) is 20.6. The molecule has 0 saturated carbocycles. The van der Waals surface area contributed by atoms with Crippen LogP contribution in [-0.4, -0.2) is 143 Å². The van der Waals surface area contributed by atoms with Crippen molar-refractivity contribution in [2.24, 2.45) is 0 Å². The standard InChI is InChI=1S/C26H22F6N2O6S.C19H18F3NO4.C19H16F3NO2.C14H10F3NO.C10H16O4/c1-14-2-8-19-22(10-14)39-23-11-15(25(27,28)29)3-9-20(23)34(19)21-13-38-12-18(24(21)35)33-41(36,37)17-6-4-16(5-7-17)40-26(30,31)32;1-10-2-4-12-16(6-10)27-17-7-11(19(20,21)22)3-5-13(17)23(12)14-8-26-9-15(24)18(14)25;1-12-4-6-15-17(9-12)25-18-10-13(19(20,21)22)5-7-16(18)23(15)14-3-2-8-24-11-14;1-8-2-4-10-12(6-8)19-13-7-9(14(15,16)17)3-5-11(13)18-10;1-10(2,3)14-9(11)13-8-5-4-6-12-7-8/h2-11,18,21,24,33,35H,12-13H2,1H3;2-7,14-15,18,24-25H,8-9H2,1H3;2-7,9-10,14H,8,11H2,1H3;2-7,18H,1H3;4-5,8H,6-7H2,1-3H3/t18-,21+,24+;14-,15-,18+;14-;;/m101../s1. The molecule has 22 nitrogen and oxygen atoms in total. The van der Waals surface area contributed by atoms with Crippen LogP contribution in [0.3, 0.4) is 0 Å². The van der Waals surface area contributed by atoms with Gasteiger partial charge in [0, 0.05) is 0 Å². The van der Waals surface area contributed by atoms with Gasteiger partial charge < -0.3 is 87.4 Å². The first-order valence-electron chi connectivity index (χ1n) is 38.8. The van der Waals surface area contributed by atoms with Gasteiger partial charge in [0.05, 0.1) is 156 Å². The Bertz CT molecular complexity index is 5630. The number of aliphatic hydroxyl groups excluding tert-OH is 3. The van der Waals surface area contributed by atoms with Gasteiger partial charge in [-0.3, -0.25) is 0 Å². The first-order chi connectivity index (χ1) is 59.2. The molecule has 2 saturated heterocycles. The summed E-state index contributed by atoms with van der Waals surface area (Å²) in [4.78, 5) is 16.0. The summed E-state index contributed by atoms with van der Waals surface area (Å²) in [6.07, 6.45) is -19.9. The molecule has 8 aliphatic heterocycles. The second-order valence-corrected chi connectivity index (χ2v) is 32.6. The minimum absolute atomic E-state index is 0.00261.